The van der Waals surface area contributed by atoms with Crippen LogP contribution < -0.4 is 11.1 Å². The molecule has 40 heavy (non-hydrogen) atoms. The number of phosphoric ester groups is 1. The fourth-order valence-corrected chi connectivity index (χ4v) is 6.43. The first kappa shape index (κ1) is 34.2. The maximum absolute atomic E-state index is 11.9. The van der Waals surface area contributed by atoms with Gasteiger partial charge in [0.15, 0.2) is 0 Å². The minimum atomic E-state index is -5.74. The van der Waals surface area contributed by atoms with E-state index in [4.69, 9.17) is 20.3 Å². The van der Waals surface area contributed by atoms with E-state index in [-0.39, 0.29) is 24.4 Å². The number of unbranched alkanes of at least 4 members (excludes halogenated alkanes) is 2. The molecule has 19 nitrogen and oxygen atoms in total. The van der Waals surface area contributed by atoms with Crippen LogP contribution in [0.25, 0.3) is 0 Å². The molecule has 8 N–H and O–H groups in total. The van der Waals surface area contributed by atoms with Crippen molar-refractivity contribution in [2.75, 3.05) is 19.7 Å². The van der Waals surface area contributed by atoms with Gasteiger partial charge in [-0.05, 0) is 24.3 Å². The maximum atomic E-state index is 11.9. The van der Waals surface area contributed by atoms with Crippen LogP contribution in [0.2, 0.25) is 0 Å². The van der Waals surface area contributed by atoms with E-state index in [0.29, 0.717) is 19.4 Å². The van der Waals surface area contributed by atoms with Crippen LogP contribution in [0, 0.1) is 22.0 Å². The van der Waals surface area contributed by atoms with Crippen LogP contribution in [0.15, 0.2) is 12.3 Å². The van der Waals surface area contributed by atoms with Crippen LogP contribution >= 0.6 is 23.5 Å². The fraction of sp³-hybridized carbons (Fsp3) is 0.611. The summed E-state index contributed by atoms with van der Waals surface area (Å²) in [5.41, 5.74) is 5.59. The molecular formula is C18H29N4O15P3. The van der Waals surface area contributed by atoms with Gasteiger partial charge in [0.25, 0.3) is 0 Å². The van der Waals surface area contributed by atoms with Crippen molar-refractivity contribution in [3.63, 3.8) is 0 Å². The first-order valence-corrected chi connectivity index (χ1v) is 16.0. The minimum absolute atomic E-state index is 0.00395. The van der Waals surface area contributed by atoms with Gasteiger partial charge in [-0.3, -0.25) is 9.32 Å². The number of aliphatic hydroxyl groups is 1. The molecule has 0 radical (unpaired) electrons. The first-order valence-electron chi connectivity index (χ1n) is 11.5. The van der Waals surface area contributed by atoms with Crippen LogP contribution in [0.3, 0.4) is 0 Å². The molecule has 0 bridgehead atoms. The van der Waals surface area contributed by atoms with Crippen molar-refractivity contribution in [2.45, 2.75) is 50.5 Å². The number of nitrogens with one attached hydrogen (secondary N) is 1. The molecule has 0 spiro atoms. The zero-order valence-electron chi connectivity index (χ0n) is 20.7. The summed E-state index contributed by atoms with van der Waals surface area (Å²) in [6.07, 6.45) is -0.276. The van der Waals surface area contributed by atoms with Crippen molar-refractivity contribution in [1.82, 2.24) is 9.88 Å². The Hall–Kier alpha value is -2.00. The van der Waals surface area contributed by atoms with E-state index in [1.165, 1.54) is 6.20 Å². The Morgan fingerprint density at radius 1 is 1.20 bits per heavy atom. The predicted octanol–water partition coefficient (Wildman–Crippen LogP) is 0.375. The zero-order chi connectivity index (χ0) is 30.1. The Balaban J connectivity index is 1.99. The van der Waals surface area contributed by atoms with Crippen LogP contribution in [-0.4, -0.2) is 72.0 Å². The van der Waals surface area contributed by atoms with Gasteiger partial charge in [-0.1, -0.05) is 18.3 Å². The number of hydrogen-bond donors (Lipinski definition) is 7. The summed E-state index contributed by atoms with van der Waals surface area (Å²) >= 11 is 0. The van der Waals surface area contributed by atoms with Gasteiger partial charge < -0.3 is 50.6 Å². The van der Waals surface area contributed by atoms with Crippen LogP contribution in [0.1, 0.15) is 43.9 Å². The summed E-state index contributed by atoms with van der Waals surface area (Å²) in [4.78, 5) is 58.4. The number of carbonyl (C=O) groups is 1. The van der Waals surface area contributed by atoms with Crippen molar-refractivity contribution >= 4 is 35.2 Å². The maximum Gasteiger partial charge on any atom is 0.490 e. The van der Waals surface area contributed by atoms with E-state index in [1.54, 1.807) is 0 Å². The van der Waals surface area contributed by atoms with E-state index < -0.39 is 59.3 Å². The SMILES string of the molecule is NCCCCCC(=O)NCC#Cc1cc([N+](=O)[O-])n(C2CC(O)[C@@H](COP(=O)(O)OP(=O)(O)OP(=O)(O)O)O2)c1. The molecule has 0 saturated carbocycles. The number of nitrogens with zero attached hydrogens (tertiary/aromatic N) is 2. The molecule has 0 aliphatic carbocycles. The topological polar surface area (TPSA) is 292 Å². The lowest BCUT2D eigenvalue weighted by Gasteiger charge is -2.18. The Kier molecular flexibility index (Phi) is 12.6. The Morgan fingerprint density at radius 2 is 1.90 bits per heavy atom. The number of phosphoric acid groups is 3. The van der Waals surface area contributed by atoms with Gasteiger partial charge in [-0.25, -0.2) is 18.3 Å². The van der Waals surface area contributed by atoms with Crippen LogP contribution in [0.5, 0.6) is 0 Å². The van der Waals surface area contributed by atoms with Gasteiger partial charge in [-0.2, -0.15) is 8.62 Å². The van der Waals surface area contributed by atoms with Crippen molar-refractivity contribution in [1.29, 1.82) is 0 Å². The second-order valence-corrected chi connectivity index (χ2v) is 12.7. The Morgan fingerprint density at radius 3 is 2.52 bits per heavy atom. The molecule has 226 valence electrons. The van der Waals surface area contributed by atoms with Crippen molar-refractivity contribution < 1.29 is 66.0 Å². The normalized spacial score (nSPS) is 22.1. The second-order valence-electron chi connectivity index (χ2n) is 8.25. The molecule has 0 aromatic carbocycles. The van der Waals surface area contributed by atoms with Gasteiger partial charge >= 0.3 is 29.3 Å². The molecule has 2 rings (SSSR count). The molecule has 1 amide bonds. The Labute approximate surface area is 227 Å². The summed E-state index contributed by atoms with van der Waals surface area (Å²) in [6.45, 7) is -0.391. The molecule has 5 atom stereocenters. The molecule has 1 aromatic heterocycles. The molecule has 2 heterocycles. The van der Waals surface area contributed by atoms with Gasteiger partial charge in [0.05, 0.1) is 30.9 Å². The molecule has 22 heteroatoms. The lowest BCUT2D eigenvalue weighted by molar-refractivity contribution is -0.393. The third-order valence-electron chi connectivity index (χ3n) is 5.06. The summed E-state index contributed by atoms with van der Waals surface area (Å²) < 4.78 is 52.2. The lowest BCUT2D eigenvalue weighted by Crippen LogP contribution is -2.26. The van der Waals surface area contributed by atoms with Crippen molar-refractivity contribution in [3.8, 4) is 11.8 Å². The highest BCUT2D eigenvalue weighted by Crippen LogP contribution is 2.66. The van der Waals surface area contributed by atoms with Gasteiger partial charge in [0, 0.05) is 12.8 Å². The number of nitrogens with two attached hydrogens (primary N) is 1. The average molecular weight is 634 g/mol. The molecule has 1 saturated heterocycles. The molecule has 1 aliphatic rings. The number of ether oxygens (including phenoxy) is 1. The van der Waals surface area contributed by atoms with E-state index in [2.05, 4.69) is 30.3 Å². The van der Waals surface area contributed by atoms with E-state index in [9.17, 15) is 43.5 Å². The quantitative estimate of drug-likeness (QED) is 0.0451. The molecule has 1 fully saturated rings. The van der Waals surface area contributed by atoms with Crippen molar-refractivity contribution in [3.05, 3.63) is 27.9 Å². The monoisotopic (exact) mass is 634 g/mol. The molecule has 1 aliphatic heterocycles. The standard InChI is InChI=1S/C18H29N4O15P3/c19-7-3-1-2-6-16(24)20-8-4-5-13-9-17(22(25)26)21(11-13)18-10-14(23)15(35-18)12-34-39(30,31)37-40(32,33)36-38(27,28)29/h9,11,14-15,18,23H,1-3,6-8,10,12,19H2,(H,20,24)(H,30,31)(H,32,33)(H2,27,28,29)/t14?,15-,18?/m1/s1. The number of aromatic nitrogens is 1. The highest BCUT2D eigenvalue weighted by Gasteiger charge is 2.44. The van der Waals surface area contributed by atoms with Crippen LogP contribution in [-0.2, 0) is 36.4 Å². The minimum Gasteiger partial charge on any atom is -0.390 e. The average Bonchev–Trinajstić information content (AvgIpc) is 3.39. The number of amides is 1. The molecular weight excluding hydrogens is 605 g/mol. The highest BCUT2D eigenvalue weighted by molar-refractivity contribution is 7.66. The first-order chi connectivity index (χ1) is 18.5. The Bertz CT molecular complexity index is 1250. The predicted molar refractivity (Wildman–Crippen MR) is 133 cm³/mol. The third kappa shape index (κ3) is 11.9. The number of nitro groups is 1. The van der Waals surface area contributed by atoms with E-state index in [1.807, 2.05) is 0 Å². The molecule has 4 unspecified atom stereocenters. The lowest BCUT2D eigenvalue weighted by atomic mass is 10.2. The summed E-state index contributed by atoms with van der Waals surface area (Å²) in [7, 11) is -16.8. The number of aliphatic hydroxyl groups excluding tert-OH is 1. The third-order valence-corrected chi connectivity index (χ3v) is 8.86. The second kappa shape index (κ2) is 14.8. The van der Waals surface area contributed by atoms with Crippen molar-refractivity contribution in [2.24, 2.45) is 5.73 Å². The highest BCUT2D eigenvalue weighted by atomic mass is 31.3. The van der Waals surface area contributed by atoms with Gasteiger partial charge in [0.2, 0.25) is 12.1 Å². The molecule has 1 aromatic rings. The smallest absolute Gasteiger partial charge is 0.390 e. The van der Waals surface area contributed by atoms with E-state index >= 15 is 0 Å². The zero-order valence-corrected chi connectivity index (χ0v) is 23.4. The summed E-state index contributed by atoms with van der Waals surface area (Å²) in [5.74, 6) is 4.67. The summed E-state index contributed by atoms with van der Waals surface area (Å²) in [6, 6.07) is 1.14. The van der Waals surface area contributed by atoms with Crippen LogP contribution in [0.4, 0.5) is 5.82 Å². The van der Waals surface area contributed by atoms with E-state index in [0.717, 1.165) is 23.5 Å². The number of rotatable bonds is 15. The number of hydrogen-bond acceptors (Lipinski definition) is 12. The van der Waals surface area contributed by atoms with Gasteiger partial charge in [-0.15, -0.1) is 0 Å². The largest absolute Gasteiger partial charge is 0.490 e. The number of carbonyl (C=O) groups excluding carboxylic acids is 1. The van der Waals surface area contributed by atoms with Gasteiger partial charge in [0.1, 0.15) is 12.3 Å². The summed E-state index contributed by atoms with van der Waals surface area (Å²) in [5, 5.41) is 24.4. The fourth-order valence-electron chi connectivity index (χ4n) is 3.40.